The number of nitrogens with zero attached hydrogens (tertiary/aromatic N) is 1. The van der Waals surface area contributed by atoms with E-state index in [0.717, 1.165) is 5.56 Å². The zero-order chi connectivity index (χ0) is 22.8. The second kappa shape index (κ2) is 11.3. The Morgan fingerprint density at radius 1 is 0.844 bits per heavy atom. The van der Waals surface area contributed by atoms with Crippen molar-refractivity contribution < 1.29 is 23.8 Å². The van der Waals surface area contributed by atoms with Crippen molar-refractivity contribution in [2.75, 3.05) is 13.2 Å². The van der Waals surface area contributed by atoms with E-state index < -0.39 is 5.97 Å². The van der Waals surface area contributed by atoms with E-state index in [1.165, 1.54) is 6.21 Å². The Hall–Kier alpha value is -4.13. The van der Waals surface area contributed by atoms with Crippen LogP contribution in [0.5, 0.6) is 17.2 Å². The number of amides is 1. The van der Waals surface area contributed by atoms with Gasteiger partial charge in [0.15, 0.2) is 0 Å². The number of nitrogens with one attached hydrogen (secondary N) is 1. The van der Waals surface area contributed by atoms with Crippen molar-refractivity contribution in [3.05, 3.63) is 89.5 Å². The maximum atomic E-state index is 12.3. The van der Waals surface area contributed by atoms with Crippen molar-refractivity contribution in [3.63, 3.8) is 0 Å². The predicted octanol–water partition coefficient (Wildman–Crippen LogP) is 4.47. The molecule has 164 valence electrons. The Balaban J connectivity index is 1.55. The first-order valence-electron chi connectivity index (χ1n) is 10.2. The van der Waals surface area contributed by atoms with E-state index in [1.807, 2.05) is 13.8 Å². The predicted molar refractivity (Wildman–Crippen MR) is 122 cm³/mol. The first-order valence-corrected chi connectivity index (χ1v) is 10.2. The van der Waals surface area contributed by atoms with E-state index in [0.29, 0.717) is 41.6 Å². The molecule has 1 amide bonds. The third kappa shape index (κ3) is 6.18. The topological polar surface area (TPSA) is 86.2 Å². The van der Waals surface area contributed by atoms with Crippen LogP contribution in [0.1, 0.15) is 40.1 Å². The highest BCUT2D eigenvalue weighted by Crippen LogP contribution is 2.18. The quantitative estimate of drug-likeness (QED) is 0.233. The number of carbonyl (C=O) groups is 2. The molecule has 7 nitrogen and oxygen atoms in total. The van der Waals surface area contributed by atoms with Crippen LogP contribution in [0.3, 0.4) is 0 Å². The molecule has 0 unspecified atom stereocenters. The van der Waals surface area contributed by atoms with Crippen molar-refractivity contribution in [1.29, 1.82) is 0 Å². The minimum atomic E-state index is -0.463. The van der Waals surface area contributed by atoms with Crippen molar-refractivity contribution in [3.8, 4) is 17.2 Å². The number of rotatable bonds is 9. The molecule has 32 heavy (non-hydrogen) atoms. The van der Waals surface area contributed by atoms with Crippen molar-refractivity contribution in [2.24, 2.45) is 5.10 Å². The van der Waals surface area contributed by atoms with Gasteiger partial charge in [-0.25, -0.2) is 10.2 Å². The Labute approximate surface area is 186 Å². The second-order valence-corrected chi connectivity index (χ2v) is 6.54. The lowest BCUT2D eigenvalue weighted by Gasteiger charge is -2.08. The number of hydrogen-bond acceptors (Lipinski definition) is 6. The molecule has 0 bridgehead atoms. The Morgan fingerprint density at radius 2 is 1.50 bits per heavy atom. The summed E-state index contributed by atoms with van der Waals surface area (Å²) in [6, 6.07) is 20.5. The molecule has 0 spiro atoms. The number of para-hydroxylation sites is 1. The summed E-state index contributed by atoms with van der Waals surface area (Å²) in [7, 11) is 0. The maximum absolute atomic E-state index is 12.3. The van der Waals surface area contributed by atoms with Crippen LogP contribution in [-0.2, 0) is 0 Å². The minimum absolute atomic E-state index is 0.369. The lowest BCUT2D eigenvalue weighted by Crippen LogP contribution is -2.18. The molecule has 0 aromatic heterocycles. The number of ether oxygens (including phenoxy) is 3. The van der Waals surface area contributed by atoms with Crippen LogP contribution in [0.25, 0.3) is 0 Å². The van der Waals surface area contributed by atoms with Crippen LogP contribution in [0, 0.1) is 0 Å². The van der Waals surface area contributed by atoms with Crippen LogP contribution >= 0.6 is 0 Å². The summed E-state index contributed by atoms with van der Waals surface area (Å²) in [4.78, 5) is 24.6. The van der Waals surface area contributed by atoms with Gasteiger partial charge in [-0.15, -0.1) is 0 Å². The van der Waals surface area contributed by atoms with E-state index >= 15 is 0 Å². The van der Waals surface area contributed by atoms with Gasteiger partial charge < -0.3 is 14.2 Å². The number of hydrazone groups is 1. The van der Waals surface area contributed by atoms with Crippen LogP contribution in [-0.4, -0.2) is 31.3 Å². The summed E-state index contributed by atoms with van der Waals surface area (Å²) >= 11 is 0. The van der Waals surface area contributed by atoms with Crippen LogP contribution in [0.15, 0.2) is 77.9 Å². The van der Waals surface area contributed by atoms with Gasteiger partial charge in [-0.3, -0.25) is 4.79 Å². The monoisotopic (exact) mass is 432 g/mol. The van der Waals surface area contributed by atoms with E-state index in [4.69, 9.17) is 14.2 Å². The molecule has 0 fully saturated rings. The van der Waals surface area contributed by atoms with Gasteiger partial charge in [0, 0.05) is 0 Å². The molecule has 0 aliphatic rings. The molecular weight excluding hydrogens is 408 g/mol. The zero-order valence-electron chi connectivity index (χ0n) is 17.9. The van der Waals surface area contributed by atoms with Gasteiger partial charge in [-0.05, 0) is 80.1 Å². The molecule has 7 heteroatoms. The molecule has 3 rings (SSSR count). The molecule has 3 aromatic rings. The van der Waals surface area contributed by atoms with Gasteiger partial charge in [0.2, 0.25) is 0 Å². The Bertz CT molecular complexity index is 1080. The molecule has 3 aromatic carbocycles. The van der Waals surface area contributed by atoms with E-state index in [-0.39, 0.29) is 5.91 Å². The van der Waals surface area contributed by atoms with Gasteiger partial charge in [0.25, 0.3) is 5.91 Å². The largest absolute Gasteiger partial charge is 0.494 e. The van der Waals surface area contributed by atoms with Crippen molar-refractivity contribution in [2.45, 2.75) is 13.8 Å². The molecule has 0 aliphatic carbocycles. The van der Waals surface area contributed by atoms with Crippen LogP contribution < -0.4 is 19.6 Å². The van der Waals surface area contributed by atoms with Gasteiger partial charge in [0.1, 0.15) is 17.2 Å². The first kappa shape index (κ1) is 22.6. The van der Waals surface area contributed by atoms with E-state index in [2.05, 4.69) is 10.5 Å². The fourth-order valence-corrected chi connectivity index (χ4v) is 2.80. The van der Waals surface area contributed by atoms with Crippen molar-refractivity contribution in [1.82, 2.24) is 5.43 Å². The van der Waals surface area contributed by atoms with Gasteiger partial charge in [-0.1, -0.05) is 12.1 Å². The zero-order valence-corrected chi connectivity index (χ0v) is 17.9. The normalized spacial score (nSPS) is 10.6. The summed E-state index contributed by atoms with van der Waals surface area (Å²) in [5, 5.41) is 3.98. The highest BCUT2D eigenvalue weighted by molar-refractivity contribution is 5.97. The average Bonchev–Trinajstić information content (AvgIpc) is 2.81. The Kier molecular flexibility index (Phi) is 7.97. The molecule has 0 saturated carbocycles. The number of carbonyl (C=O) groups excluding carboxylic acids is 2. The van der Waals surface area contributed by atoms with E-state index in [1.54, 1.807) is 72.8 Å². The lowest BCUT2D eigenvalue weighted by atomic mass is 10.2. The molecule has 0 radical (unpaired) electrons. The standard InChI is InChI=1S/C25H24N2O5/c1-3-30-20-15-11-19(12-16-20)25(29)32-21-13-9-18(10-14-21)17-26-27-24(28)22-7-5-6-8-23(22)31-4-2/h5-17H,3-4H2,1-2H3,(H,27,28)/b26-17-. The number of esters is 1. The Morgan fingerprint density at radius 3 is 2.19 bits per heavy atom. The van der Waals surface area contributed by atoms with E-state index in [9.17, 15) is 9.59 Å². The number of benzene rings is 3. The molecule has 0 aliphatic heterocycles. The SMILES string of the molecule is CCOc1ccc(C(=O)Oc2ccc(/C=N\NC(=O)c3ccccc3OCC)cc2)cc1. The summed E-state index contributed by atoms with van der Waals surface area (Å²) in [5.74, 6) is 0.763. The van der Waals surface area contributed by atoms with Gasteiger partial charge in [0.05, 0.1) is 30.6 Å². The van der Waals surface area contributed by atoms with Crippen molar-refractivity contribution >= 4 is 18.1 Å². The first-order chi connectivity index (χ1) is 15.6. The maximum Gasteiger partial charge on any atom is 0.343 e. The molecule has 0 saturated heterocycles. The fraction of sp³-hybridized carbons (Fsp3) is 0.160. The van der Waals surface area contributed by atoms with Crippen LogP contribution in [0.2, 0.25) is 0 Å². The average molecular weight is 432 g/mol. The van der Waals surface area contributed by atoms with Gasteiger partial charge in [-0.2, -0.15) is 5.10 Å². The molecular formula is C25H24N2O5. The lowest BCUT2D eigenvalue weighted by molar-refractivity contribution is 0.0734. The second-order valence-electron chi connectivity index (χ2n) is 6.54. The highest BCUT2D eigenvalue weighted by Gasteiger charge is 2.11. The molecule has 0 heterocycles. The summed E-state index contributed by atoms with van der Waals surface area (Å²) in [6.45, 7) is 4.77. The fourth-order valence-electron chi connectivity index (χ4n) is 2.80. The summed E-state index contributed by atoms with van der Waals surface area (Å²) < 4.78 is 16.2. The van der Waals surface area contributed by atoms with Crippen LogP contribution in [0.4, 0.5) is 0 Å². The third-order valence-corrected chi connectivity index (χ3v) is 4.30. The smallest absolute Gasteiger partial charge is 0.343 e. The molecule has 1 N–H and O–H groups in total. The number of hydrogen-bond donors (Lipinski definition) is 1. The summed E-state index contributed by atoms with van der Waals surface area (Å²) in [6.07, 6.45) is 1.50. The third-order valence-electron chi connectivity index (χ3n) is 4.30. The highest BCUT2D eigenvalue weighted by atomic mass is 16.5. The minimum Gasteiger partial charge on any atom is -0.494 e. The summed E-state index contributed by atoms with van der Waals surface area (Å²) in [5.41, 5.74) is 4.04. The van der Waals surface area contributed by atoms with Gasteiger partial charge >= 0.3 is 5.97 Å². The molecule has 0 atom stereocenters.